The lowest BCUT2D eigenvalue weighted by atomic mass is 10.3. The highest BCUT2D eigenvalue weighted by atomic mass is 32.2. The molecule has 2 rings (SSSR count). The SMILES string of the molecule is O=[N+]([O-])c1ccc(S(=O)(=O)Nc2ccccc2NCC(F)(F)F)cc1. The molecule has 7 nitrogen and oxygen atoms in total. The zero-order valence-corrected chi connectivity index (χ0v) is 13.3. The molecular weight excluding hydrogens is 363 g/mol. The lowest BCUT2D eigenvalue weighted by Crippen LogP contribution is -2.22. The highest BCUT2D eigenvalue weighted by Gasteiger charge is 2.27. The van der Waals surface area contributed by atoms with Crippen molar-refractivity contribution < 1.29 is 26.5 Å². The Kier molecular flexibility index (Phi) is 5.16. The summed E-state index contributed by atoms with van der Waals surface area (Å²) in [5.74, 6) is 0. The van der Waals surface area contributed by atoms with Crippen LogP contribution in [-0.2, 0) is 10.0 Å². The molecule has 2 N–H and O–H groups in total. The van der Waals surface area contributed by atoms with Gasteiger partial charge in [0.25, 0.3) is 15.7 Å². The van der Waals surface area contributed by atoms with E-state index in [9.17, 15) is 31.7 Å². The number of nitro groups is 1. The van der Waals surface area contributed by atoms with Crippen molar-refractivity contribution in [3.05, 3.63) is 58.6 Å². The maximum atomic E-state index is 12.3. The average Bonchev–Trinajstić information content (AvgIpc) is 2.53. The van der Waals surface area contributed by atoms with Gasteiger partial charge in [-0.15, -0.1) is 0 Å². The first-order chi connectivity index (χ1) is 11.6. The fourth-order valence-electron chi connectivity index (χ4n) is 1.87. The first-order valence-corrected chi connectivity index (χ1v) is 8.24. The second kappa shape index (κ2) is 6.97. The standard InChI is InChI=1S/C14H12F3N3O4S/c15-14(16,17)9-18-12-3-1-2-4-13(12)19-25(23,24)11-7-5-10(6-8-11)20(21)22/h1-8,18-19H,9H2. The Morgan fingerprint density at radius 1 is 1.00 bits per heavy atom. The van der Waals surface area contributed by atoms with Gasteiger partial charge in [0.1, 0.15) is 6.54 Å². The van der Waals surface area contributed by atoms with Gasteiger partial charge in [-0.2, -0.15) is 13.2 Å². The number of hydrogen-bond donors (Lipinski definition) is 2. The molecule has 0 unspecified atom stereocenters. The van der Waals surface area contributed by atoms with Gasteiger partial charge >= 0.3 is 6.18 Å². The molecule has 0 saturated heterocycles. The molecule has 0 aliphatic heterocycles. The predicted octanol–water partition coefficient (Wildman–Crippen LogP) is 3.37. The number of alkyl halides is 3. The van der Waals surface area contributed by atoms with Crippen LogP contribution in [0.1, 0.15) is 0 Å². The lowest BCUT2D eigenvalue weighted by Gasteiger charge is -2.15. The molecule has 2 aromatic rings. The Hall–Kier alpha value is -2.82. The molecule has 0 aromatic heterocycles. The quantitative estimate of drug-likeness (QED) is 0.595. The third-order valence-corrected chi connectivity index (χ3v) is 4.39. The molecule has 11 heteroatoms. The van der Waals surface area contributed by atoms with Crippen molar-refractivity contribution in [1.82, 2.24) is 0 Å². The zero-order chi connectivity index (χ0) is 18.7. The van der Waals surface area contributed by atoms with E-state index in [0.29, 0.717) is 0 Å². The number of nitrogens with one attached hydrogen (secondary N) is 2. The van der Waals surface area contributed by atoms with Gasteiger partial charge < -0.3 is 5.32 Å². The molecule has 0 aliphatic rings. The van der Waals surface area contributed by atoms with E-state index in [1.165, 1.54) is 24.3 Å². The van der Waals surface area contributed by atoms with Crippen molar-refractivity contribution in [2.45, 2.75) is 11.1 Å². The van der Waals surface area contributed by atoms with Crippen LogP contribution in [-0.4, -0.2) is 26.1 Å². The summed E-state index contributed by atoms with van der Waals surface area (Å²) in [5.41, 5.74) is -0.415. The van der Waals surface area contributed by atoms with E-state index in [2.05, 4.69) is 10.0 Å². The van der Waals surface area contributed by atoms with Crippen LogP contribution < -0.4 is 10.0 Å². The van der Waals surface area contributed by atoms with E-state index in [4.69, 9.17) is 0 Å². The molecular formula is C14H12F3N3O4S. The molecule has 0 fully saturated rings. The van der Waals surface area contributed by atoms with Crippen molar-refractivity contribution in [1.29, 1.82) is 0 Å². The van der Waals surface area contributed by atoms with Crippen molar-refractivity contribution in [3.8, 4) is 0 Å². The fraction of sp³-hybridized carbons (Fsp3) is 0.143. The first kappa shape index (κ1) is 18.5. The summed E-state index contributed by atoms with van der Waals surface area (Å²) in [6, 6.07) is 9.58. The minimum atomic E-state index is -4.47. The lowest BCUT2D eigenvalue weighted by molar-refractivity contribution is -0.384. The molecule has 0 amide bonds. The van der Waals surface area contributed by atoms with E-state index >= 15 is 0 Å². The topological polar surface area (TPSA) is 101 Å². The van der Waals surface area contributed by atoms with Gasteiger partial charge in [-0.3, -0.25) is 14.8 Å². The Morgan fingerprint density at radius 2 is 1.56 bits per heavy atom. The minimum Gasteiger partial charge on any atom is -0.375 e. The number of rotatable bonds is 6. The molecule has 25 heavy (non-hydrogen) atoms. The maximum absolute atomic E-state index is 12.3. The summed E-state index contributed by atoms with van der Waals surface area (Å²) < 4.78 is 63.7. The van der Waals surface area contributed by atoms with Crippen LogP contribution in [0.15, 0.2) is 53.4 Å². The average molecular weight is 375 g/mol. The van der Waals surface area contributed by atoms with Crippen LogP contribution in [0, 0.1) is 10.1 Å². The number of nitro benzene ring substituents is 1. The van der Waals surface area contributed by atoms with Crippen LogP contribution in [0.4, 0.5) is 30.2 Å². The van der Waals surface area contributed by atoms with Crippen molar-refractivity contribution in [3.63, 3.8) is 0 Å². The van der Waals surface area contributed by atoms with Crippen LogP contribution in [0.3, 0.4) is 0 Å². The first-order valence-electron chi connectivity index (χ1n) is 6.75. The van der Waals surface area contributed by atoms with Crippen LogP contribution >= 0.6 is 0 Å². The van der Waals surface area contributed by atoms with Crippen molar-refractivity contribution >= 4 is 27.1 Å². The Morgan fingerprint density at radius 3 is 2.08 bits per heavy atom. The largest absolute Gasteiger partial charge is 0.405 e. The van der Waals surface area contributed by atoms with Gasteiger partial charge in [-0.1, -0.05) is 12.1 Å². The Balaban J connectivity index is 2.24. The number of non-ortho nitro benzene ring substituents is 1. The van der Waals surface area contributed by atoms with E-state index in [-0.39, 0.29) is 22.0 Å². The summed E-state index contributed by atoms with van der Waals surface area (Å²) in [7, 11) is -4.13. The van der Waals surface area contributed by atoms with Gasteiger partial charge in [-0.25, -0.2) is 8.42 Å². The second-order valence-electron chi connectivity index (χ2n) is 4.87. The summed E-state index contributed by atoms with van der Waals surface area (Å²) in [6.07, 6.45) is -4.47. The Labute approximate surface area is 140 Å². The highest BCUT2D eigenvalue weighted by Crippen LogP contribution is 2.26. The maximum Gasteiger partial charge on any atom is 0.405 e. The van der Waals surface area contributed by atoms with E-state index in [1.807, 2.05) is 0 Å². The summed E-state index contributed by atoms with van der Waals surface area (Å²) >= 11 is 0. The summed E-state index contributed by atoms with van der Waals surface area (Å²) in [6.45, 7) is -1.33. The summed E-state index contributed by atoms with van der Waals surface area (Å²) in [5, 5.41) is 12.7. The second-order valence-corrected chi connectivity index (χ2v) is 6.55. The third-order valence-electron chi connectivity index (χ3n) is 3.01. The molecule has 0 saturated carbocycles. The smallest absolute Gasteiger partial charge is 0.375 e. The van der Waals surface area contributed by atoms with E-state index < -0.39 is 27.7 Å². The highest BCUT2D eigenvalue weighted by molar-refractivity contribution is 7.92. The van der Waals surface area contributed by atoms with Gasteiger partial charge in [0, 0.05) is 12.1 Å². The predicted molar refractivity (Wildman–Crippen MR) is 84.9 cm³/mol. The number of anilines is 2. The number of benzene rings is 2. The number of halogens is 3. The van der Waals surface area contributed by atoms with Crippen molar-refractivity contribution in [2.24, 2.45) is 0 Å². The molecule has 0 aliphatic carbocycles. The van der Waals surface area contributed by atoms with Gasteiger partial charge in [0.05, 0.1) is 21.2 Å². The number of hydrogen-bond acceptors (Lipinski definition) is 5. The fourth-order valence-corrected chi connectivity index (χ4v) is 2.95. The number of para-hydroxylation sites is 2. The molecule has 0 radical (unpaired) electrons. The molecule has 0 bridgehead atoms. The van der Waals surface area contributed by atoms with Gasteiger partial charge in [-0.05, 0) is 24.3 Å². The molecule has 0 spiro atoms. The molecule has 0 heterocycles. The van der Waals surface area contributed by atoms with Crippen LogP contribution in [0.2, 0.25) is 0 Å². The normalized spacial score (nSPS) is 11.8. The molecule has 2 aromatic carbocycles. The number of nitrogens with zero attached hydrogens (tertiary/aromatic N) is 1. The monoisotopic (exact) mass is 375 g/mol. The number of sulfonamides is 1. The Bertz CT molecular complexity index is 868. The summed E-state index contributed by atoms with van der Waals surface area (Å²) in [4.78, 5) is 9.65. The van der Waals surface area contributed by atoms with Crippen LogP contribution in [0.5, 0.6) is 0 Å². The molecule has 134 valence electrons. The van der Waals surface area contributed by atoms with E-state index in [1.54, 1.807) is 0 Å². The van der Waals surface area contributed by atoms with Crippen LogP contribution in [0.25, 0.3) is 0 Å². The third kappa shape index (κ3) is 5.08. The van der Waals surface area contributed by atoms with Gasteiger partial charge in [0.15, 0.2) is 0 Å². The van der Waals surface area contributed by atoms with Gasteiger partial charge in [0.2, 0.25) is 0 Å². The van der Waals surface area contributed by atoms with Crippen molar-refractivity contribution in [2.75, 3.05) is 16.6 Å². The van der Waals surface area contributed by atoms with E-state index in [0.717, 1.165) is 24.3 Å². The molecule has 0 atom stereocenters. The zero-order valence-electron chi connectivity index (χ0n) is 12.4. The minimum absolute atomic E-state index is 0.0506.